The molecule has 1 amide bonds. The van der Waals surface area contributed by atoms with E-state index in [1.807, 2.05) is 0 Å². The molecule has 0 bridgehead atoms. The van der Waals surface area contributed by atoms with E-state index in [1.165, 1.54) is 115 Å². The summed E-state index contributed by atoms with van der Waals surface area (Å²) in [6.07, 6.45) is 25.8. The molecule has 0 atom stereocenters. The molecule has 30 heavy (non-hydrogen) atoms. The summed E-state index contributed by atoms with van der Waals surface area (Å²) in [4.78, 5) is 12.7. The zero-order valence-electron chi connectivity index (χ0n) is 21.3. The first-order chi connectivity index (χ1) is 14.7. The molecule has 0 saturated heterocycles. The van der Waals surface area contributed by atoms with Crippen molar-refractivity contribution in [2.24, 2.45) is 0 Å². The van der Waals surface area contributed by atoms with Gasteiger partial charge in [-0.1, -0.05) is 123 Å². The van der Waals surface area contributed by atoms with Crippen LogP contribution in [-0.4, -0.2) is 12.5 Å². The minimum atomic E-state index is 0.190. The summed E-state index contributed by atoms with van der Waals surface area (Å²) in [6, 6.07) is 0. The van der Waals surface area contributed by atoms with E-state index in [-0.39, 0.29) is 5.91 Å². The molecule has 178 valence electrons. The van der Waals surface area contributed by atoms with Gasteiger partial charge in [0.2, 0.25) is 5.91 Å². The van der Waals surface area contributed by atoms with Gasteiger partial charge in [-0.3, -0.25) is 4.79 Å². The molecule has 1 N–H and O–H groups in total. The molecule has 2 heteroatoms. The Morgan fingerprint density at radius 1 is 0.533 bits per heavy atom. The molecule has 0 fully saturated rings. The van der Waals surface area contributed by atoms with Crippen LogP contribution in [0.4, 0.5) is 0 Å². The third-order valence-corrected chi connectivity index (χ3v) is 6.35. The maximum atomic E-state index is 12.7. The van der Waals surface area contributed by atoms with Crippen molar-refractivity contribution in [3.8, 4) is 0 Å². The Labute approximate surface area is 190 Å². The highest BCUT2D eigenvalue weighted by molar-refractivity contribution is 5.93. The molecule has 0 spiro atoms. The Bertz CT molecular complexity index is 395. The van der Waals surface area contributed by atoms with Gasteiger partial charge >= 0.3 is 0 Å². The fourth-order valence-corrected chi connectivity index (χ4v) is 4.14. The molecule has 0 aromatic rings. The molecule has 0 aromatic heterocycles. The Kier molecular flexibility index (Phi) is 22.3. The predicted octanol–water partition coefficient (Wildman–Crippen LogP) is 9.28. The molecule has 2 nitrogen and oxygen atoms in total. The predicted molar refractivity (Wildman–Crippen MR) is 135 cm³/mol. The van der Waals surface area contributed by atoms with Crippen LogP contribution in [0, 0.1) is 0 Å². The number of carbonyl (C=O) groups is 1. The lowest BCUT2D eigenvalue weighted by Gasteiger charge is -2.13. The molecule has 0 aliphatic carbocycles. The number of unbranched alkanes of at least 4 members (excludes halogenated alkanes) is 15. The molecule has 0 rings (SSSR count). The van der Waals surface area contributed by atoms with E-state index in [4.69, 9.17) is 0 Å². The first-order valence-corrected chi connectivity index (χ1v) is 13.6. The third kappa shape index (κ3) is 18.0. The van der Waals surface area contributed by atoms with Crippen LogP contribution < -0.4 is 5.32 Å². The summed E-state index contributed by atoms with van der Waals surface area (Å²) >= 11 is 0. The highest BCUT2D eigenvalue weighted by atomic mass is 16.1. The monoisotopic (exact) mass is 421 g/mol. The number of allylic oxidation sites excluding steroid dienone is 1. The average molecular weight is 422 g/mol. The van der Waals surface area contributed by atoms with Crippen molar-refractivity contribution in [2.45, 2.75) is 156 Å². The van der Waals surface area contributed by atoms with Crippen LogP contribution in [0.15, 0.2) is 11.1 Å². The second-order valence-electron chi connectivity index (χ2n) is 9.29. The van der Waals surface area contributed by atoms with Crippen LogP contribution in [-0.2, 0) is 4.79 Å². The number of hydrogen-bond acceptors (Lipinski definition) is 1. The van der Waals surface area contributed by atoms with Crippen molar-refractivity contribution in [3.05, 3.63) is 11.1 Å². The van der Waals surface area contributed by atoms with Gasteiger partial charge < -0.3 is 5.32 Å². The fourth-order valence-electron chi connectivity index (χ4n) is 4.14. The Morgan fingerprint density at radius 2 is 0.900 bits per heavy atom. The van der Waals surface area contributed by atoms with Gasteiger partial charge in [0.15, 0.2) is 0 Å². The molecule has 0 aromatic carbocycles. The van der Waals surface area contributed by atoms with Gasteiger partial charge in [-0.15, -0.1) is 0 Å². The first-order valence-electron chi connectivity index (χ1n) is 13.6. The maximum Gasteiger partial charge on any atom is 0.246 e. The fraction of sp³-hybridized carbons (Fsp3) is 0.893. The van der Waals surface area contributed by atoms with Crippen molar-refractivity contribution in [1.82, 2.24) is 5.32 Å². The summed E-state index contributed by atoms with van der Waals surface area (Å²) in [6.45, 7) is 9.70. The third-order valence-electron chi connectivity index (χ3n) is 6.35. The Morgan fingerprint density at radius 3 is 1.33 bits per heavy atom. The zero-order chi connectivity index (χ0) is 22.3. The van der Waals surface area contributed by atoms with Crippen molar-refractivity contribution in [1.29, 1.82) is 0 Å². The van der Waals surface area contributed by atoms with Gasteiger partial charge in [0.25, 0.3) is 0 Å². The number of hydrogen-bond donors (Lipinski definition) is 1. The van der Waals surface area contributed by atoms with Gasteiger partial charge in [0, 0.05) is 12.1 Å². The highest BCUT2D eigenvalue weighted by Crippen LogP contribution is 2.22. The summed E-state index contributed by atoms with van der Waals surface area (Å²) in [5.74, 6) is 0.190. The maximum absolute atomic E-state index is 12.7. The minimum Gasteiger partial charge on any atom is -0.352 e. The van der Waals surface area contributed by atoms with Crippen molar-refractivity contribution in [2.75, 3.05) is 6.54 Å². The van der Waals surface area contributed by atoms with Crippen molar-refractivity contribution < 1.29 is 4.79 Å². The van der Waals surface area contributed by atoms with E-state index in [2.05, 4.69) is 33.0 Å². The topological polar surface area (TPSA) is 29.1 Å². The van der Waals surface area contributed by atoms with Gasteiger partial charge in [0.1, 0.15) is 0 Å². The van der Waals surface area contributed by atoms with Crippen LogP contribution in [0.5, 0.6) is 0 Å². The van der Waals surface area contributed by atoms with E-state index in [9.17, 15) is 4.79 Å². The van der Waals surface area contributed by atoms with Crippen LogP contribution in [0.25, 0.3) is 0 Å². The Balaban J connectivity index is 4.38. The molecule has 0 unspecified atom stereocenters. The molecule has 0 heterocycles. The molecule has 0 aliphatic rings. The van der Waals surface area contributed by atoms with Gasteiger partial charge in [-0.05, 0) is 39.0 Å². The smallest absolute Gasteiger partial charge is 0.246 e. The van der Waals surface area contributed by atoms with Gasteiger partial charge in [-0.25, -0.2) is 0 Å². The van der Waals surface area contributed by atoms with Crippen LogP contribution >= 0.6 is 0 Å². The zero-order valence-corrected chi connectivity index (χ0v) is 21.3. The second-order valence-corrected chi connectivity index (χ2v) is 9.29. The lowest BCUT2D eigenvalue weighted by Crippen LogP contribution is -2.26. The largest absolute Gasteiger partial charge is 0.352 e. The Hall–Kier alpha value is -0.790. The van der Waals surface area contributed by atoms with Crippen LogP contribution in [0.1, 0.15) is 156 Å². The summed E-state index contributed by atoms with van der Waals surface area (Å²) in [7, 11) is 0. The SMILES string of the molecule is CCCCCCCCNC(=O)C(C)=C(CCCCCCCC)CCCCCCCC. The van der Waals surface area contributed by atoms with Gasteiger partial charge in [0.05, 0.1) is 0 Å². The lowest BCUT2D eigenvalue weighted by atomic mass is 9.95. The number of amides is 1. The van der Waals surface area contributed by atoms with E-state index >= 15 is 0 Å². The number of rotatable bonds is 22. The van der Waals surface area contributed by atoms with Crippen molar-refractivity contribution >= 4 is 5.91 Å². The second kappa shape index (κ2) is 22.9. The van der Waals surface area contributed by atoms with Crippen LogP contribution in [0.2, 0.25) is 0 Å². The summed E-state index contributed by atoms with van der Waals surface area (Å²) in [5, 5.41) is 3.19. The number of carbonyl (C=O) groups excluding carboxylic acids is 1. The lowest BCUT2D eigenvalue weighted by molar-refractivity contribution is -0.117. The quantitative estimate of drug-likeness (QED) is 0.137. The summed E-state index contributed by atoms with van der Waals surface area (Å²) < 4.78 is 0. The molecule has 0 radical (unpaired) electrons. The minimum absolute atomic E-state index is 0.190. The first kappa shape index (κ1) is 29.2. The molecular formula is C28H55NO. The average Bonchev–Trinajstić information content (AvgIpc) is 2.75. The van der Waals surface area contributed by atoms with E-state index in [1.54, 1.807) is 0 Å². The van der Waals surface area contributed by atoms with E-state index in [0.29, 0.717) is 0 Å². The molecule has 0 aliphatic heterocycles. The van der Waals surface area contributed by atoms with E-state index < -0.39 is 0 Å². The van der Waals surface area contributed by atoms with E-state index in [0.717, 1.165) is 31.4 Å². The normalized spacial score (nSPS) is 10.9. The number of nitrogens with one attached hydrogen (secondary N) is 1. The molecular weight excluding hydrogens is 366 g/mol. The van der Waals surface area contributed by atoms with Gasteiger partial charge in [-0.2, -0.15) is 0 Å². The van der Waals surface area contributed by atoms with Crippen LogP contribution in [0.3, 0.4) is 0 Å². The summed E-state index contributed by atoms with van der Waals surface area (Å²) in [5.41, 5.74) is 2.45. The highest BCUT2D eigenvalue weighted by Gasteiger charge is 2.10. The van der Waals surface area contributed by atoms with Crippen molar-refractivity contribution in [3.63, 3.8) is 0 Å². The molecule has 0 saturated carbocycles. The standard InChI is InChI=1S/C28H55NO/c1-5-8-11-14-17-20-23-27(24-21-18-15-12-9-6-2)26(4)28(30)29-25-22-19-16-13-10-7-3/h5-25H2,1-4H3,(H,29,30).